The fraction of sp³-hybridized carbons (Fsp3) is 0.636. The third kappa shape index (κ3) is 4.49. The summed E-state index contributed by atoms with van der Waals surface area (Å²) in [5.74, 6) is 1.57. The van der Waals surface area contributed by atoms with Gasteiger partial charge in [-0.2, -0.15) is 0 Å². The maximum Gasteiger partial charge on any atom is 0.216 e. The van der Waals surface area contributed by atoms with Crippen molar-refractivity contribution >= 4 is 5.78 Å². The maximum absolute atomic E-state index is 13.3. The average molecular weight is 389 g/mol. The number of methoxy groups -OCH3 is 1. The van der Waals surface area contributed by atoms with Crippen molar-refractivity contribution in [2.75, 3.05) is 34.4 Å². The molecule has 28 heavy (non-hydrogen) atoms. The lowest BCUT2D eigenvalue weighted by Gasteiger charge is -2.36. The van der Waals surface area contributed by atoms with Crippen LogP contribution in [0.5, 0.6) is 11.5 Å². The second-order valence-corrected chi connectivity index (χ2v) is 8.93. The molecule has 6 heteroatoms. The van der Waals surface area contributed by atoms with Crippen LogP contribution in [-0.2, 0) is 4.74 Å². The Kier molecular flexibility index (Phi) is 5.98. The number of nitrogens with zero attached hydrogens (tertiary/aromatic N) is 2. The molecular weight excluding hydrogens is 356 g/mol. The third-order valence-electron chi connectivity index (χ3n) is 4.88. The number of hydrogen-bond acceptors (Lipinski definition) is 6. The fourth-order valence-corrected chi connectivity index (χ4v) is 3.39. The van der Waals surface area contributed by atoms with Crippen LogP contribution in [0.3, 0.4) is 0 Å². The molecule has 2 heterocycles. The molecule has 0 N–H and O–H groups in total. The number of ketones is 1. The first-order valence-corrected chi connectivity index (χ1v) is 9.98. The van der Waals surface area contributed by atoms with Gasteiger partial charge in [0.25, 0.3) is 0 Å². The number of Topliss-reactive ketones (excluding diaryl/α,β-unsaturated/α-hetero) is 1. The summed E-state index contributed by atoms with van der Waals surface area (Å²) < 4.78 is 17.4. The van der Waals surface area contributed by atoms with Gasteiger partial charge in [0.05, 0.1) is 17.9 Å². The molecule has 1 aromatic rings. The van der Waals surface area contributed by atoms with Gasteiger partial charge in [-0.25, -0.2) is 4.98 Å². The number of rotatable bonds is 7. The zero-order valence-corrected chi connectivity index (χ0v) is 17.9. The summed E-state index contributed by atoms with van der Waals surface area (Å²) in [6, 6.07) is 1.87. The Morgan fingerprint density at radius 2 is 2.00 bits per heavy atom. The maximum atomic E-state index is 13.3. The van der Waals surface area contributed by atoms with Gasteiger partial charge in [-0.3, -0.25) is 4.79 Å². The SMILES string of the molecule is COCCCOc1cc2c(nc1C1CC1)C(=O)C(=CN(C)C)C(C(C)(C)C)O2. The summed E-state index contributed by atoms with van der Waals surface area (Å²) in [5, 5.41) is 0. The van der Waals surface area contributed by atoms with Gasteiger partial charge in [0.15, 0.2) is 11.4 Å². The van der Waals surface area contributed by atoms with Gasteiger partial charge in [0.1, 0.15) is 11.9 Å². The van der Waals surface area contributed by atoms with Crippen molar-refractivity contribution in [2.45, 2.75) is 52.1 Å². The fourth-order valence-electron chi connectivity index (χ4n) is 3.39. The van der Waals surface area contributed by atoms with Gasteiger partial charge >= 0.3 is 0 Å². The molecule has 1 fully saturated rings. The van der Waals surface area contributed by atoms with Crippen LogP contribution >= 0.6 is 0 Å². The lowest BCUT2D eigenvalue weighted by Crippen LogP contribution is -2.41. The molecule has 0 radical (unpaired) electrons. The molecule has 0 bridgehead atoms. The number of fused-ring (bicyclic) bond motifs is 1. The van der Waals surface area contributed by atoms with Crippen molar-refractivity contribution in [3.63, 3.8) is 0 Å². The van der Waals surface area contributed by atoms with Crippen molar-refractivity contribution in [1.82, 2.24) is 9.88 Å². The lowest BCUT2D eigenvalue weighted by atomic mass is 9.81. The van der Waals surface area contributed by atoms with E-state index in [9.17, 15) is 4.79 Å². The lowest BCUT2D eigenvalue weighted by molar-refractivity contribution is 0.0775. The summed E-state index contributed by atoms with van der Waals surface area (Å²) in [4.78, 5) is 19.9. The van der Waals surface area contributed by atoms with Gasteiger partial charge < -0.3 is 19.1 Å². The smallest absolute Gasteiger partial charge is 0.216 e. The largest absolute Gasteiger partial charge is 0.491 e. The quantitative estimate of drug-likeness (QED) is 0.523. The molecule has 1 unspecified atom stereocenters. The van der Waals surface area contributed by atoms with Crippen LogP contribution < -0.4 is 9.47 Å². The molecule has 2 aliphatic rings. The van der Waals surface area contributed by atoms with E-state index in [1.54, 1.807) is 7.11 Å². The van der Waals surface area contributed by atoms with Crippen molar-refractivity contribution in [1.29, 1.82) is 0 Å². The summed E-state index contributed by atoms with van der Waals surface area (Å²) in [6.07, 6.45) is 4.48. The van der Waals surface area contributed by atoms with Gasteiger partial charge in [-0.15, -0.1) is 0 Å². The molecule has 1 atom stereocenters. The van der Waals surface area contributed by atoms with Crippen LogP contribution in [0.15, 0.2) is 17.8 Å². The number of carbonyl (C=O) groups excluding carboxylic acids is 1. The molecule has 3 rings (SSSR count). The first-order chi connectivity index (χ1) is 13.2. The zero-order valence-electron chi connectivity index (χ0n) is 17.9. The Labute approximate surface area is 167 Å². The second-order valence-electron chi connectivity index (χ2n) is 8.93. The molecular formula is C22H32N2O4. The standard InChI is InChI=1S/C22H32N2O4/c1-22(2,3)21-15(13-24(4)5)20(25)19-17(28-21)12-16(27-11-7-10-26-6)18(23-19)14-8-9-14/h12-14,21H,7-11H2,1-6H3. The predicted octanol–water partition coefficient (Wildman–Crippen LogP) is 3.81. The van der Waals surface area contributed by atoms with Crippen molar-refractivity contribution in [2.24, 2.45) is 5.41 Å². The number of aromatic nitrogens is 1. The molecule has 1 aliphatic heterocycles. The van der Waals surface area contributed by atoms with Crippen LogP contribution in [0.25, 0.3) is 0 Å². The topological polar surface area (TPSA) is 60.9 Å². The molecule has 0 aromatic carbocycles. The summed E-state index contributed by atoms with van der Waals surface area (Å²) in [7, 11) is 5.51. The van der Waals surface area contributed by atoms with E-state index in [2.05, 4.69) is 20.8 Å². The molecule has 0 amide bonds. The number of pyridine rings is 1. The van der Waals surface area contributed by atoms with Crippen molar-refractivity contribution in [3.05, 3.63) is 29.2 Å². The average Bonchev–Trinajstić information content (AvgIpc) is 3.44. The summed E-state index contributed by atoms with van der Waals surface area (Å²) in [5.41, 5.74) is 1.70. The van der Waals surface area contributed by atoms with Gasteiger partial charge in [-0.05, 0) is 12.8 Å². The minimum Gasteiger partial charge on any atom is -0.491 e. The summed E-state index contributed by atoms with van der Waals surface area (Å²) >= 11 is 0. The first-order valence-electron chi connectivity index (χ1n) is 9.98. The van der Waals surface area contributed by atoms with E-state index in [1.807, 2.05) is 31.3 Å². The molecule has 0 spiro atoms. The van der Waals surface area contributed by atoms with Crippen LogP contribution in [0.2, 0.25) is 0 Å². The van der Waals surface area contributed by atoms with E-state index in [1.165, 1.54) is 0 Å². The first kappa shape index (κ1) is 20.6. The van der Waals surface area contributed by atoms with E-state index in [0.717, 1.165) is 30.7 Å². The monoisotopic (exact) mass is 388 g/mol. The van der Waals surface area contributed by atoms with Gasteiger partial charge in [-0.1, -0.05) is 20.8 Å². The molecule has 1 aromatic heterocycles. The highest BCUT2D eigenvalue weighted by molar-refractivity contribution is 6.11. The summed E-state index contributed by atoms with van der Waals surface area (Å²) in [6.45, 7) is 7.43. The van der Waals surface area contributed by atoms with Crippen LogP contribution in [0.1, 0.15) is 62.1 Å². The number of carbonyl (C=O) groups is 1. The minimum absolute atomic E-state index is 0.0530. The Morgan fingerprint density at radius 3 is 2.57 bits per heavy atom. The molecule has 6 nitrogen and oxygen atoms in total. The number of hydrogen-bond donors (Lipinski definition) is 0. The Bertz CT molecular complexity index is 761. The predicted molar refractivity (Wildman–Crippen MR) is 108 cm³/mol. The zero-order chi connectivity index (χ0) is 20.5. The Balaban J connectivity index is 1.99. The van der Waals surface area contributed by atoms with Gasteiger partial charge in [0.2, 0.25) is 5.78 Å². The highest BCUT2D eigenvalue weighted by Crippen LogP contribution is 2.47. The number of ether oxygens (including phenoxy) is 3. The third-order valence-corrected chi connectivity index (χ3v) is 4.88. The normalized spacial score (nSPS) is 20.7. The van der Waals surface area contributed by atoms with E-state index >= 15 is 0 Å². The van der Waals surface area contributed by atoms with E-state index < -0.39 is 0 Å². The van der Waals surface area contributed by atoms with Crippen molar-refractivity contribution < 1.29 is 19.0 Å². The molecule has 1 saturated carbocycles. The van der Waals surface area contributed by atoms with E-state index in [0.29, 0.717) is 36.1 Å². The molecule has 154 valence electrons. The second kappa shape index (κ2) is 8.11. The Morgan fingerprint density at radius 1 is 1.29 bits per heavy atom. The van der Waals surface area contributed by atoms with E-state index in [4.69, 9.17) is 19.2 Å². The highest BCUT2D eigenvalue weighted by Gasteiger charge is 2.42. The van der Waals surface area contributed by atoms with E-state index in [-0.39, 0.29) is 17.3 Å². The van der Waals surface area contributed by atoms with Crippen LogP contribution in [0.4, 0.5) is 0 Å². The molecule has 0 saturated heterocycles. The Hall–Kier alpha value is -2.08. The minimum atomic E-state index is -0.343. The van der Waals surface area contributed by atoms with Crippen molar-refractivity contribution in [3.8, 4) is 11.5 Å². The highest BCUT2D eigenvalue weighted by atomic mass is 16.5. The van der Waals surface area contributed by atoms with Gasteiger partial charge in [0, 0.05) is 57.8 Å². The van der Waals surface area contributed by atoms with Crippen LogP contribution in [0, 0.1) is 5.41 Å². The van der Waals surface area contributed by atoms with Crippen LogP contribution in [-0.4, -0.2) is 56.2 Å². The molecule has 1 aliphatic carbocycles.